The molecule has 0 aliphatic heterocycles. The van der Waals surface area contributed by atoms with Gasteiger partial charge in [0, 0.05) is 7.05 Å². The standard InChI is InChI=1S/C11H16N2O3S/c1-3-8-17(15,16)13-10-7-5-4-6-9(10)11(14)12-2/h4-7,13H,3,8H2,1-2H3,(H,12,14). The smallest absolute Gasteiger partial charge is 0.253 e. The molecule has 0 radical (unpaired) electrons. The zero-order valence-corrected chi connectivity index (χ0v) is 10.7. The molecule has 0 spiro atoms. The van der Waals surface area contributed by atoms with Crippen molar-refractivity contribution in [2.45, 2.75) is 13.3 Å². The minimum Gasteiger partial charge on any atom is -0.355 e. The lowest BCUT2D eigenvalue weighted by Crippen LogP contribution is -2.22. The fourth-order valence-corrected chi connectivity index (χ4v) is 2.54. The molecule has 0 saturated heterocycles. The Morgan fingerprint density at radius 1 is 1.29 bits per heavy atom. The number of carbonyl (C=O) groups is 1. The lowest BCUT2D eigenvalue weighted by Gasteiger charge is -2.10. The number of anilines is 1. The van der Waals surface area contributed by atoms with E-state index in [-0.39, 0.29) is 11.7 Å². The van der Waals surface area contributed by atoms with Crippen LogP contribution in [0, 0.1) is 0 Å². The molecule has 5 nitrogen and oxygen atoms in total. The lowest BCUT2D eigenvalue weighted by molar-refractivity contribution is 0.0964. The molecule has 94 valence electrons. The Labute approximate surface area is 101 Å². The summed E-state index contributed by atoms with van der Waals surface area (Å²) in [4.78, 5) is 11.5. The zero-order chi connectivity index (χ0) is 12.9. The summed E-state index contributed by atoms with van der Waals surface area (Å²) in [5, 5.41) is 2.47. The summed E-state index contributed by atoms with van der Waals surface area (Å²) in [5.74, 6) is -0.283. The number of hydrogen-bond donors (Lipinski definition) is 2. The minimum absolute atomic E-state index is 0.0368. The van der Waals surface area contributed by atoms with E-state index in [1.165, 1.54) is 7.05 Å². The van der Waals surface area contributed by atoms with Gasteiger partial charge in [-0.3, -0.25) is 9.52 Å². The highest BCUT2D eigenvalue weighted by Gasteiger charge is 2.14. The van der Waals surface area contributed by atoms with Crippen molar-refractivity contribution >= 4 is 21.6 Å². The van der Waals surface area contributed by atoms with E-state index in [1.807, 2.05) is 0 Å². The number of benzene rings is 1. The number of amides is 1. The van der Waals surface area contributed by atoms with Crippen molar-refractivity contribution in [1.29, 1.82) is 0 Å². The van der Waals surface area contributed by atoms with E-state index in [4.69, 9.17) is 0 Å². The second kappa shape index (κ2) is 5.67. The van der Waals surface area contributed by atoms with Crippen molar-refractivity contribution in [1.82, 2.24) is 5.32 Å². The third kappa shape index (κ3) is 3.74. The van der Waals surface area contributed by atoms with Gasteiger partial charge >= 0.3 is 0 Å². The molecule has 1 aromatic carbocycles. The fourth-order valence-electron chi connectivity index (χ4n) is 1.39. The van der Waals surface area contributed by atoms with Crippen LogP contribution in [0.25, 0.3) is 0 Å². The normalized spacial score (nSPS) is 10.9. The molecule has 0 heterocycles. The topological polar surface area (TPSA) is 75.3 Å². The maximum absolute atomic E-state index is 11.6. The molecule has 0 saturated carbocycles. The number of carbonyl (C=O) groups excluding carboxylic acids is 1. The molecule has 0 fully saturated rings. The van der Waals surface area contributed by atoms with Crippen molar-refractivity contribution in [3.63, 3.8) is 0 Å². The molecule has 0 aliphatic carbocycles. The SMILES string of the molecule is CCCS(=O)(=O)Nc1ccccc1C(=O)NC. The molecule has 0 atom stereocenters. The molecule has 0 unspecified atom stereocenters. The predicted molar refractivity (Wildman–Crippen MR) is 67.5 cm³/mol. The molecular formula is C11H16N2O3S. The van der Waals surface area contributed by atoms with Crippen LogP contribution in [0.3, 0.4) is 0 Å². The Morgan fingerprint density at radius 3 is 2.53 bits per heavy atom. The molecule has 17 heavy (non-hydrogen) atoms. The highest BCUT2D eigenvalue weighted by molar-refractivity contribution is 7.92. The van der Waals surface area contributed by atoms with Gasteiger partial charge in [0.2, 0.25) is 10.0 Å². The number of rotatable bonds is 5. The third-order valence-corrected chi connectivity index (χ3v) is 3.61. The summed E-state index contributed by atoms with van der Waals surface area (Å²) in [6, 6.07) is 6.50. The van der Waals surface area contributed by atoms with Crippen LogP contribution >= 0.6 is 0 Å². The van der Waals surface area contributed by atoms with Gasteiger partial charge in [-0.15, -0.1) is 0 Å². The first-order chi connectivity index (χ1) is 8.00. The summed E-state index contributed by atoms with van der Waals surface area (Å²) >= 11 is 0. The van der Waals surface area contributed by atoms with Gasteiger partial charge in [0.1, 0.15) is 0 Å². The van der Waals surface area contributed by atoms with Crippen LogP contribution in [0.4, 0.5) is 5.69 Å². The average molecular weight is 256 g/mol. The zero-order valence-electron chi connectivity index (χ0n) is 9.86. The highest BCUT2D eigenvalue weighted by atomic mass is 32.2. The third-order valence-electron chi connectivity index (χ3n) is 2.14. The number of para-hydroxylation sites is 1. The van der Waals surface area contributed by atoms with E-state index in [0.717, 1.165) is 0 Å². The lowest BCUT2D eigenvalue weighted by atomic mass is 10.2. The van der Waals surface area contributed by atoms with Gasteiger partial charge in [-0.2, -0.15) is 0 Å². The van der Waals surface area contributed by atoms with E-state index in [1.54, 1.807) is 31.2 Å². The van der Waals surface area contributed by atoms with Crippen LogP contribution < -0.4 is 10.0 Å². The van der Waals surface area contributed by atoms with Crippen molar-refractivity contribution in [3.05, 3.63) is 29.8 Å². The van der Waals surface area contributed by atoms with E-state index >= 15 is 0 Å². The Hall–Kier alpha value is -1.56. The quantitative estimate of drug-likeness (QED) is 0.831. The van der Waals surface area contributed by atoms with E-state index in [2.05, 4.69) is 10.0 Å². The fraction of sp³-hybridized carbons (Fsp3) is 0.364. The number of hydrogen-bond acceptors (Lipinski definition) is 3. The van der Waals surface area contributed by atoms with E-state index in [0.29, 0.717) is 17.7 Å². The van der Waals surface area contributed by atoms with Crippen LogP contribution in [-0.4, -0.2) is 27.1 Å². The Morgan fingerprint density at radius 2 is 1.94 bits per heavy atom. The van der Waals surface area contributed by atoms with Crippen molar-refractivity contribution in [2.24, 2.45) is 0 Å². The molecule has 1 aromatic rings. The number of nitrogens with one attached hydrogen (secondary N) is 2. The Bertz CT molecular complexity index is 497. The Balaban J connectivity index is 3.03. The van der Waals surface area contributed by atoms with Crippen molar-refractivity contribution in [3.8, 4) is 0 Å². The molecule has 1 rings (SSSR count). The first-order valence-electron chi connectivity index (χ1n) is 5.31. The maximum atomic E-state index is 11.6. The van der Waals surface area contributed by atoms with E-state index < -0.39 is 10.0 Å². The van der Waals surface area contributed by atoms with Gasteiger partial charge in [-0.05, 0) is 18.6 Å². The van der Waals surface area contributed by atoms with Crippen molar-refractivity contribution in [2.75, 3.05) is 17.5 Å². The predicted octanol–water partition coefficient (Wildman–Crippen LogP) is 1.20. The molecular weight excluding hydrogens is 240 g/mol. The largest absolute Gasteiger partial charge is 0.355 e. The van der Waals surface area contributed by atoms with Crippen LogP contribution in [0.15, 0.2) is 24.3 Å². The summed E-state index contributed by atoms with van der Waals surface area (Å²) in [6.07, 6.45) is 0.525. The minimum atomic E-state index is -3.38. The van der Waals surface area contributed by atoms with E-state index in [9.17, 15) is 13.2 Å². The second-order valence-electron chi connectivity index (χ2n) is 3.55. The molecule has 6 heteroatoms. The number of sulfonamides is 1. The monoisotopic (exact) mass is 256 g/mol. The van der Waals surface area contributed by atoms with Crippen molar-refractivity contribution < 1.29 is 13.2 Å². The average Bonchev–Trinajstić information content (AvgIpc) is 2.28. The van der Waals surface area contributed by atoms with Gasteiger partial charge < -0.3 is 5.32 Å². The first kappa shape index (κ1) is 13.5. The summed E-state index contributed by atoms with van der Waals surface area (Å²) < 4.78 is 25.7. The molecule has 0 aromatic heterocycles. The first-order valence-corrected chi connectivity index (χ1v) is 6.97. The van der Waals surface area contributed by atoms with Gasteiger partial charge in [0.25, 0.3) is 5.91 Å². The molecule has 0 aliphatic rings. The maximum Gasteiger partial charge on any atom is 0.253 e. The van der Waals surface area contributed by atoms with Gasteiger partial charge in [0.15, 0.2) is 0 Å². The van der Waals surface area contributed by atoms with Crippen LogP contribution in [-0.2, 0) is 10.0 Å². The highest BCUT2D eigenvalue weighted by Crippen LogP contribution is 2.16. The van der Waals surface area contributed by atoms with Gasteiger partial charge in [-0.1, -0.05) is 19.1 Å². The van der Waals surface area contributed by atoms with Gasteiger partial charge in [-0.25, -0.2) is 8.42 Å². The summed E-state index contributed by atoms with van der Waals surface area (Å²) in [6.45, 7) is 1.78. The Kier molecular flexibility index (Phi) is 4.51. The second-order valence-corrected chi connectivity index (χ2v) is 5.39. The summed E-state index contributed by atoms with van der Waals surface area (Å²) in [7, 11) is -1.88. The van der Waals surface area contributed by atoms with Crippen LogP contribution in [0.5, 0.6) is 0 Å². The van der Waals surface area contributed by atoms with Crippen LogP contribution in [0.1, 0.15) is 23.7 Å². The molecule has 2 N–H and O–H groups in total. The summed E-state index contributed by atoms with van der Waals surface area (Å²) in [5.41, 5.74) is 0.620. The molecule has 0 bridgehead atoms. The van der Waals surface area contributed by atoms with Gasteiger partial charge in [0.05, 0.1) is 17.0 Å². The van der Waals surface area contributed by atoms with Crippen LogP contribution in [0.2, 0.25) is 0 Å². The molecule has 1 amide bonds.